The van der Waals surface area contributed by atoms with E-state index in [0.29, 0.717) is 17.8 Å². The Labute approximate surface area is 150 Å². The van der Waals surface area contributed by atoms with Gasteiger partial charge >= 0.3 is 0 Å². The Bertz CT molecular complexity index is 673. The van der Waals surface area contributed by atoms with Crippen LogP contribution < -0.4 is 0 Å². The van der Waals surface area contributed by atoms with Crippen molar-refractivity contribution in [3.05, 3.63) is 65.7 Å². The van der Waals surface area contributed by atoms with Gasteiger partial charge in [-0.15, -0.1) is 0 Å². The lowest BCUT2D eigenvalue weighted by Gasteiger charge is -2.41. The number of phenolic OH excluding ortho intramolecular Hbond substituents is 1. The molecule has 0 radical (unpaired) electrons. The Kier molecular flexibility index (Phi) is 5.04. The number of piperazine rings is 1. The van der Waals surface area contributed by atoms with E-state index in [9.17, 15) is 5.11 Å². The maximum atomic E-state index is 9.70. The van der Waals surface area contributed by atoms with Gasteiger partial charge in [0.1, 0.15) is 5.75 Å². The molecule has 2 saturated heterocycles. The van der Waals surface area contributed by atoms with Gasteiger partial charge in [-0.3, -0.25) is 4.90 Å². The largest absolute Gasteiger partial charge is 0.508 e. The monoisotopic (exact) mass is 336 g/mol. The number of likely N-dealkylation sites (tertiary alicyclic amines) is 1. The first-order chi connectivity index (χ1) is 12.3. The van der Waals surface area contributed by atoms with Crippen LogP contribution in [-0.4, -0.2) is 46.6 Å². The Hall–Kier alpha value is -1.84. The summed E-state index contributed by atoms with van der Waals surface area (Å²) in [5, 5.41) is 9.70. The van der Waals surface area contributed by atoms with Crippen LogP contribution in [0, 0.1) is 0 Å². The molecule has 3 heteroatoms. The molecule has 2 bridgehead atoms. The molecule has 4 rings (SSSR count). The summed E-state index contributed by atoms with van der Waals surface area (Å²) in [6.45, 7) is 4.58. The van der Waals surface area contributed by atoms with Crippen LogP contribution in [0.2, 0.25) is 0 Å². The molecule has 2 aliphatic rings. The number of nitrogens with zero attached hydrogens (tertiary/aromatic N) is 2. The highest BCUT2D eigenvalue weighted by Crippen LogP contribution is 2.32. The Morgan fingerprint density at radius 2 is 1.60 bits per heavy atom. The molecule has 3 nitrogen and oxygen atoms in total. The molecule has 2 aliphatic heterocycles. The van der Waals surface area contributed by atoms with Gasteiger partial charge in [-0.25, -0.2) is 0 Å². The minimum Gasteiger partial charge on any atom is -0.508 e. The van der Waals surface area contributed by atoms with E-state index in [-0.39, 0.29) is 0 Å². The highest BCUT2D eigenvalue weighted by atomic mass is 16.3. The predicted molar refractivity (Wildman–Crippen MR) is 102 cm³/mol. The van der Waals surface area contributed by atoms with Crippen LogP contribution in [-0.2, 0) is 13.0 Å². The molecule has 2 aromatic carbocycles. The highest BCUT2D eigenvalue weighted by molar-refractivity contribution is 5.27. The van der Waals surface area contributed by atoms with Crippen molar-refractivity contribution >= 4 is 0 Å². The van der Waals surface area contributed by atoms with Crippen LogP contribution in [0.3, 0.4) is 0 Å². The van der Waals surface area contributed by atoms with E-state index >= 15 is 0 Å². The fraction of sp³-hybridized carbons (Fsp3) is 0.455. The summed E-state index contributed by atoms with van der Waals surface area (Å²) >= 11 is 0. The molecular formula is C22H28N2O. The normalized spacial score (nSPS) is 23.8. The average molecular weight is 336 g/mol. The summed E-state index contributed by atoms with van der Waals surface area (Å²) in [5.74, 6) is 0.379. The van der Waals surface area contributed by atoms with E-state index in [0.717, 1.165) is 6.54 Å². The third-order valence-electron chi connectivity index (χ3n) is 5.77. The van der Waals surface area contributed by atoms with Gasteiger partial charge in [0.25, 0.3) is 0 Å². The van der Waals surface area contributed by atoms with Crippen LogP contribution in [0.4, 0.5) is 0 Å². The molecular weight excluding hydrogens is 308 g/mol. The van der Waals surface area contributed by atoms with Crippen molar-refractivity contribution in [2.75, 3.05) is 19.6 Å². The molecule has 0 amide bonds. The number of hydrogen-bond acceptors (Lipinski definition) is 3. The van der Waals surface area contributed by atoms with Gasteiger partial charge < -0.3 is 10.0 Å². The zero-order valence-corrected chi connectivity index (χ0v) is 14.8. The van der Waals surface area contributed by atoms with E-state index in [1.54, 1.807) is 6.07 Å². The van der Waals surface area contributed by atoms with Crippen molar-refractivity contribution in [2.24, 2.45) is 0 Å². The molecule has 2 atom stereocenters. The predicted octanol–water partition coefficient (Wildman–Crippen LogP) is 3.67. The number of aromatic hydroxyl groups is 1. The summed E-state index contributed by atoms with van der Waals surface area (Å²) in [5.41, 5.74) is 2.68. The lowest BCUT2D eigenvalue weighted by atomic mass is 10.1. The van der Waals surface area contributed by atoms with Crippen LogP contribution in [0.25, 0.3) is 0 Å². The third-order valence-corrected chi connectivity index (χ3v) is 5.77. The molecule has 0 saturated carbocycles. The van der Waals surface area contributed by atoms with E-state index in [4.69, 9.17) is 0 Å². The number of benzene rings is 2. The van der Waals surface area contributed by atoms with Gasteiger partial charge in [-0.1, -0.05) is 42.5 Å². The minimum atomic E-state index is 0.379. The zero-order chi connectivity index (χ0) is 17.1. The molecule has 25 heavy (non-hydrogen) atoms. The lowest BCUT2D eigenvalue weighted by Crippen LogP contribution is -2.53. The lowest BCUT2D eigenvalue weighted by molar-refractivity contribution is 0.0604. The van der Waals surface area contributed by atoms with E-state index in [2.05, 4.69) is 46.2 Å². The quantitative estimate of drug-likeness (QED) is 0.872. The van der Waals surface area contributed by atoms with E-state index in [1.807, 2.05) is 12.1 Å². The summed E-state index contributed by atoms with van der Waals surface area (Å²) in [4.78, 5) is 5.34. The van der Waals surface area contributed by atoms with Gasteiger partial charge in [0.05, 0.1) is 0 Å². The van der Waals surface area contributed by atoms with Crippen LogP contribution in [0.5, 0.6) is 5.75 Å². The molecule has 0 aliphatic carbocycles. The first-order valence-corrected chi connectivity index (χ1v) is 9.58. The number of rotatable bonds is 6. The third kappa shape index (κ3) is 4.05. The van der Waals surface area contributed by atoms with E-state index < -0.39 is 0 Å². The van der Waals surface area contributed by atoms with Crippen LogP contribution >= 0.6 is 0 Å². The standard InChI is InChI=1S/C22H28N2O/c25-22-10-4-8-19(14-22)15-24-20-11-12-21(24)17-23(16-20)13-5-9-18-6-2-1-3-7-18/h1-4,6-8,10,14,20-21,25H,5,9,11-13,15-17H2/t20-,21+. The molecule has 2 fully saturated rings. The van der Waals surface area contributed by atoms with Crippen molar-refractivity contribution in [3.8, 4) is 5.75 Å². The van der Waals surface area contributed by atoms with Gasteiger partial charge in [-0.05, 0) is 55.5 Å². The number of aryl methyl sites for hydroxylation is 1. The minimum absolute atomic E-state index is 0.379. The Morgan fingerprint density at radius 1 is 0.880 bits per heavy atom. The zero-order valence-electron chi connectivity index (χ0n) is 14.8. The number of fused-ring (bicyclic) bond motifs is 2. The highest BCUT2D eigenvalue weighted by Gasteiger charge is 2.39. The molecule has 2 aromatic rings. The van der Waals surface area contributed by atoms with Gasteiger partial charge in [0, 0.05) is 31.7 Å². The second-order valence-corrected chi connectivity index (χ2v) is 7.58. The summed E-state index contributed by atoms with van der Waals surface area (Å²) in [6.07, 6.45) is 5.06. The van der Waals surface area contributed by atoms with E-state index in [1.165, 1.54) is 56.4 Å². The van der Waals surface area contributed by atoms with Crippen molar-refractivity contribution < 1.29 is 5.11 Å². The van der Waals surface area contributed by atoms with Crippen molar-refractivity contribution in [1.29, 1.82) is 0 Å². The first-order valence-electron chi connectivity index (χ1n) is 9.58. The van der Waals surface area contributed by atoms with Crippen molar-refractivity contribution in [3.63, 3.8) is 0 Å². The Balaban J connectivity index is 1.29. The second-order valence-electron chi connectivity index (χ2n) is 7.58. The SMILES string of the molecule is Oc1cccc(CN2[C@@H]3CC[C@H]2CN(CCCc2ccccc2)C3)c1. The molecule has 0 unspecified atom stereocenters. The smallest absolute Gasteiger partial charge is 0.115 e. The summed E-state index contributed by atoms with van der Waals surface area (Å²) in [7, 11) is 0. The van der Waals surface area contributed by atoms with Gasteiger partial charge in [0.2, 0.25) is 0 Å². The average Bonchev–Trinajstić information content (AvgIpc) is 2.85. The van der Waals surface area contributed by atoms with Crippen LogP contribution in [0.1, 0.15) is 30.4 Å². The molecule has 0 spiro atoms. The maximum Gasteiger partial charge on any atom is 0.115 e. The summed E-state index contributed by atoms with van der Waals surface area (Å²) in [6, 6.07) is 19.9. The topological polar surface area (TPSA) is 26.7 Å². The Morgan fingerprint density at radius 3 is 2.32 bits per heavy atom. The maximum absolute atomic E-state index is 9.70. The van der Waals surface area contributed by atoms with Gasteiger partial charge in [0.15, 0.2) is 0 Å². The van der Waals surface area contributed by atoms with Crippen molar-refractivity contribution in [2.45, 2.75) is 44.3 Å². The number of hydrogen-bond donors (Lipinski definition) is 1. The first kappa shape index (κ1) is 16.6. The summed E-state index contributed by atoms with van der Waals surface area (Å²) < 4.78 is 0. The molecule has 132 valence electrons. The van der Waals surface area contributed by atoms with Gasteiger partial charge in [-0.2, -0.15) is 0 Å². The fourth-order valence-corrected chi connectivity index (χ4v) is 4.54. The van der Waals surface area contributed by atoms with Crippen LogP contribution in [0.15, 0.2) is 54.6 Å². The second kappa shape index (κ2) is 7.59. The molecule has 2 heterocycles. The van der Waals surface area contributed by atoms with Crippen molar-refractivity contribution in [1.82, 2.24) is 9.80 Å². The number of phenols is 1. The molecule has 0 aromatic heterocycles. The molecule has 1 N–H and O–H groups in total. The fourth-order valence-electron chi connectivity index (χ4n) is 4.54.